The van der Waals surface area contributed by atoms with Crippen LogP contribution in [-0.4, -0.2) is 10.7 Å². The lowest BCUT2D eigenvalue weighted by atomic mass is 10.1. The molecule has 0 aliphatic rings. The second-order valence-electron chi connectivity index (χ2n) is 3.53. The molecule has 0 fully saturated rings. The molecule has 0 bridgehead atoms. The van der Waals surface area contributed by atoms with E-state index in [1.807, 2.05) is 29.7 Å². The van der Waals surface area contributed by atoms with E-state index >= 15 is 0 Å². The van der Waals surface area contributed by atoms with Crippen molar-refractivity contribution < 1.29 is 5.11 Å². The summed E-state index contributed by atoms with van der Waals surface area (Å²) in [6.45, 7) is 3.48. The third-order valence-corrected chi connectivity index (χ3v) is 2.51. The Morgan fingerprint density at radius 1 is 1.43 bits per heavy atom. The van der Waals surface area contributed by atoms with Crippen LogP contribution in [0, 0.1) is 0 Å². The zero-order valence-corrected chi connectivity index (χ0v) is 9.77. The van der Waals surface area contributed by atoms with Gasteiger partial charge in [-0.25, -0.2) is 0 Å². The molecule has 0 aliphatic heterocycles. The molecular weight excluding hydrogens is 216 g/mol. The van der Waals surface area contributed by atoms with Crippen LogP contribution in [0.3, 0.4) is 0 Å². The van der Waals surface area contributed by atoms with E-state index in [9.17, 15) is 5.11 Å². The van der Waals surface area contributed by atoms with Gasteiger partial charge in [0.2, 0.25) is 0 Å². The zero-order chi connectivity index (χ0) is 10.6. The van der Waals surface area contributed by atoms with Gasteiger partial charge in [0, 0.05) is 9.92 Å². The molecule has 0 saturated heterocycles. The van der Waals surface area contributed by atoms with Crippen molar-refractivity contribution >= 4 is 23.4 Å². The number of aliphatic hydroxyl groups is 1. The first-order chi connectivity index (χ1) is 6.47. The second-order valence-corrected chi connectivity index (χ2v) is 4.95. The van der Waals surface area contributed by atoms with Crippen molar-refractivity contribution in [1.82, 2.24) is 0 Å². The molecule has 76 valence electrons. The summed E-state index contributed by atoms with van der Waals surface area (Å²) in [7, 11) is 0. The third kappa shape index (κ3) is 4.70. The standard InChI is InChI=1S/C11H13ClOS/c1-11(2,13)6-7-14-10-5-3-4-9(12)8-10/h3-8,13H,1-2H3/b7-6+. The van der Waals surface area contributed by atoms with Crippen molar-refractivity contribution in [3.05, 3.63) is 40.8 Å². The van der Waals surface area contributed by atoms with Crippen LogP contribution in [-0.2, 0) is 0 Å². The maximum Gasteiger partial charge on any atom is 0.0779 e. The Morgan fingerprint density at radius 3 is 2.71 bits per heavy atom. The van der Waals surface area contributed by atoms with E-state index in [1.54, 1.807) is 19.9 Å². The van der Waals surface area contributed by atoms with Gasteiger partial charge in [-0.05, 0) is 43.5 Å². The lowest BCUT2D eigenvalue weighted by molar-refractivity contribution is 0.133. The Kier molecular flexibility index (Phi) is 4.05. The summed E-state index contributed by atoms with van der Waals surface area (Å²) >= 11 is 7.36. The fourth-order valence-electron chi connectivity index (χ4n) is 0.819. The monoisotopic (exact) mass is 228 g/mol. The number of hydrogen-bond donors (Lipinski definition) is 1. The van der Waals surface area contributed by atoms with Crippen LogP contribution < -0.4 is 0 Å². The van der Waals surface area contributed by atoms with E-state index in [4.69, 9.17) is 11.6 Å². The maximum absolute atomic E-state index is 9.42. The van der Waals surface area contributed by atoms with Crippen LogP contribution in [0.25, 0.3) is 0 Å². The number of hydrogen-bond acceptors (Lipinski definition) is 2. The van der Waals surface area contributed by atoms with Crippen molar-refractivity contribution in [2.24, 2.45) is 0 Å². The van der Waals surface area contributed by atoms with E-state index in [0.29, 0.717) is 0 Å². The summed E-state index contributed by atoms with van der Waals surface area (Å²) in [4.78, 5) is 1.07. The SMILES string of the molecule is CC(C)(O)/C=C/Sc1cccc(Cl)c1. The first-order valence-electron chi connectivity index (χ1n) is 4.30. The van der Waals surface area contributed by atoms with Crippen molar-refractivity contribution in [2.45, 2.75) is 24.3 Å². The predicted molar refractivity (Wildman–Crippen MR) is 62.7 cm³/mol. The van der Waals surface area contributed by atoms with Crippen molar-refractivity contribution in [3.63, 3.8) is 0 Å². The molecule has 0 aromatic heterocycles. The van der Waals surface area contributed by atoms with E-state index in [2.05, 4.69) is 0 Å². The van der Waals surface area contributed by atoms with Crippen LogP contribution >= 0.6 is 23.4 Å². The van der Waals surface area contributed by atoms with Crippen LogP contribution in [0.2, 0.25) is 5.02 Å². The molecule has 0 spiro atoms. The van der Waals surface area contributed by atoms with Gasteiger partial charge in [0.05, 0.1) is 5.60 Å². The summed E-state index contributed by atoms with van der Waals surface area (Å²) in [5, 5.41) is 12.0. The number of thioether (sulfide) groups is 1. The lowest BCUT2D eigenvalue weighted by Crippen LogP contribution is -2.13. The van der Waals surface area contributed by atoms with Gasteiger partial charge in [0.1, 0.15) is 0 Å². The predicted octanol–water partition coefficient (Wildman–Crippen LogP) is 3.72. The molecule has 1 N–H and O–H groups in total. The van der Waals surface area contributed by atoms with Crippen molar-refractivity contribution in [1.29, 1.82) is 0 Å². The molecule has 0 amide bonds. The minimum Gasteiger partial charge on any atom is -0.386 e. The summed E-state index contributed by atoms with van der Waals surface area (Å²) in [5.74, 6) is 0. The Labute approximate surface area is 93.8 Å². The summed E-state index contributed by atoms with van der Waals surface area (Å²) in [6.07, 6.45) is 1.75. The topological polar surface area (TPSA) is 20.2 Å². The third-order valence-electron chi connectivity index (χ3n) is 1.48. The van der Waals surface area contributed by atoms with E-state index in [1.165, 1.54) is 11.8 Å². The van der Waals surface area contributed by atoms with Crippen LogP contribution in [0.5, 0.6) is 0 Å². The summed E-state index contributed by atoms with van der Waals surface area (Å²) < 4.78 is 0. The Hall–Kier alpha value is -0.440. The van der Waals surface area contributed by atoms with Crippen LogP contribution in [0.15, 0.2) is 40.6 Å². The highest BCUT2D eigenvalue weighted by atomic mass is 35.5. The molecule has 3 heteroatoms. The van der Waals surface area contributed by atoms with Crippen molar-refractivity contribution in [2.75, 3.05) is 0 Å². The van der Waals surface area contributed by atoms with Gasteiger partial charge in [-0.2, -0.15) is 0 Å². The van der Waals surface area contributed by atoms with E-state index in [-0.39, 0.29) is 0 Å². The van der Waals surface area contributed by atoms with Gasteiger partial charge in [-0.3, -0.25) is 0 Å². The quantitative estimate of drug-likeness (QED) is 0.796. The highest BCUT2D eigenvalue weighted by Gasteiger charge is 2.05. The van der Waals surface area contributed by atoms with Crippen LogP contribution in [0.4, 0.5) is 0 Å². The molecule has 1 nitrogen and oxygen atoms in total. The number of halogens is 1. The van der Waals surface area contributed by atoms with Crippen molar-refractivity contribution in [3.8, 4) is 0 Å². The van der Waals surface area contributed by atoms with Gasteiger partial charge in [0.15, 0.2) is 0 Å². The molecule has 1 rings (SSSR count). The van der Waals surface area contributed by atoms with Crippen LogP contribution in [0.1, 0.15) is 13.8 Å². The fourth-order valence-corrected chi connectivity index (χ4v) is 1.98. The maximum atomic E-state index is 9.42. The smallest absolute Gasteiger partial charge is 0.0779 e. The molecule has 14 heavy (non-hydrogen) atoms. The van der Waals surface area contributed by atoms with Gasteiger partial charge in [-0.1, -0.05) is 29.4 Å². The molecule has 0 saturated carbocycles. The highest BCUT2D eigenvalue weighted by Crippen LogP contribution is 2.23. The normalized spacial score (nSPS) is 12.3. The molecule has 0 heterocycles. The minimum absolute atomic E-state index is 0.728. The zero-order valence-electron chi connectivity index (χ0n) is 8.20. The molecular formula is C11H13ClOS. The van der Waals surface area contributed by atoms with Gasteiger partial charge in [0.25, 0.3) is 0 Å². The second kappa shape index (κ2) is 4.87. The van der Waals surface area contributed by atoms with Gasteiger partial charge in [-0.15, -0.1) is 0 Å². The van der Waals surface area contributed by atoms with E-state index < -0.39 is 5.60 Å². The van der Waals surface area contributed by atoms with E-state index in [0.717, 1.165) is 9.92 Å². The first kappa shape index (κ1) is 11.6. The lowest BCUT2D eigenvalue weighted by Gasteiger charge is -2.09. The number of rotatable bonds is 3. The molecule has 1 aromatic rings. The summed E-state index contributed by atoms with van der Waals surface area (Å²) in [5.41, 5.74) is -0.758. The molecule has 0 atom stereocenters. The van der Waals surface area contributed by atoms with Gasteiger partial charge >= 0.3 is 0 Å². The minimum atomic E-state index is -0.758. The number of benzene rings is 1. The Bertz CT molecular complexity index is 328. The highest BCUT2D eigenvalue weighted by molar-refractivity contribution is 8.02. The Balaban J connectivity index is 2.58. The Morgan fingerprint density at radius 2 is 2.14 bits per heavy atom. The summed E-state index contributed by atoms with van der Waals surface area (Å²) in [6, 6.07) is 7.61. The van der Waals surface area contributed by atoms with Gasteiger partial charge < -0.3 is 5.11 Å². The fraction of sp³-hybridized carbons (Fsp3) is 0.273. The molecule has 1 aromatic carbocycles. The molecule has 0 unspecified atom stereocenters. The molecule has 0 aliphatic carbocycles. The molecule has 0 radical (unpaired) electrons. The largest absolute Gasteiger partial charge is 0.386 e. The first-order valence-corrected chi connectivity index (χ1v) is 5.55. The average Bonchev–Trinajstić information content (AvgIpc) is 2.01. The average molecular weight is 229 g/mol.